The van der Waals surface area contributed by atoms with Crippen LogP contribution in [0.1, 0.15) is 36.0 Å². The first-order valence-corrected chi connectivity index (χ1v) is 9.51. The molecule has 0 aromatic heterocycles. The van der Waals surface area contributed by atoms with Crippen LogP contribution in [-0.2, 0) is 24.3 Å². The van der Waals surface area contributed by atoms with Gasteiger partial charge in [-0.05, 0) is 31.0 Å². The maximum atomic E-state index is 14.1. The predicted octanol–water partition coefficient (Wildman–Crippen LogP) is 1.47. The largest absolute Gasteiger partial charge is 0.463 e. The molecule has 3 rings (SSSR count). The average molecular weight is 371 g/mol. The van der Waals surface area contributed by atoms with E-state index >= 15 is 0 Å². The van der Waals surface area contributed by atoms with E-state index in [2.05, 4.69) is 0 Å². The van der Waals surface area contributed by atoms with E-state index < -0.39 is 38.8 Å². The predicted molar refractivity (Wildman–Crippen MR) is 83.8 cm³/mol. The maximum absolute atomic E-state index is 14.1. The Morgan fingerprint density at radius 1 is 1.24 bits per heavy atom. The van der Waals surface area contributed by atoms with Gasteiger partial charge in [0.2, 0.25) is 16.1 Å². The van der Waals surface area contributed by atoms with Crippen LogP contribution in [0.3, 0.4) is 0 Å². The van der Waals surface area contributed by atoms with Gasteiger partial charge in [0, 0.05) is 19.5 Å². The molecule has 1 aromatic rings. The van der Waals surface area contributed by atoms with Crippen LogP contribution in [0.25, 0.3) is 0 Å². The third-order valence-electron chi connectivity index (χ3n) is 4.24. The molecule has 136 valence electrons. The monoisotopic (exact) mass is 371 g/mol. The molecule has 0 saturated carbocycles. The van der Waals surface area contributed by atoms with Crippen molar-refractivity contribution in [2.75, 3.05) is 19.7 Å². The number of piperidine rings is 1. The minimum Gasteiger partial charge on any atom is -0.463 e. The zero-order valence-electron chi connectivity index (χ0n) is 13.4. The Labute approximate surface area is 144 Å². The lowest BCUT2D eigenvalue weighted by molar-refractivity contribution is -0.145. The van der Waals surface area contributed by atoms with Gasteiger partial charge in [0.15, 0.2) is 0 Å². The lowest BCUT2D eigenvalue weighted by Gasteiger charge is -2.26. The van der Waals surface area contributed by atoms with Gasteiger partial charge in [0.25, 0.3) is 0 Å². The Morgan fingerprint density at radius 2 is 1.96 bits per heavy atom. The van der Waals surface area contributed by atoms with Crippen molar-refractivity contribution in [1.29, 1.82) is 0 Å². The zero-order valence-corrected chi connectivity index (χ0v) is 14.3. The second-order valence-electron chi connectivity index (χ2n) is 5.96. The van der Waals surface area contributed by atoms with Gasteiger partial charge in [-0.15, -0.1) is 0 Å². The topological polar surface area (TPSA) is 90.0 Å². The van der Waals surface area contributed by atoms with Crippen molar-refractivity contribution in [3.8, 4) is 0 Å². The smallest absolute Gasteiger partial charge is 0.347 e. The summed E-state index contributed by atoms with van der Waals surface area (Å²) < 4.78 is 50.3. The maximum Gasteiger partial charge on any atom is 0.347 e. The minimum absolute atomic E-state index is 0.128. The Bertz CT molecular complexity index is 788. The highest BCUT2D eigenvalue weighted by Crippen LogP contribution is 2.24. The van der Waals surface area contributed by atoms with Gasteiger partial charge in [0.1, 0.15) is 10.7 Å². The molecule has 9 heteroatoms. The van der Waals surface area contributed by atoms with Gasteiger partial charge in [0.05, 0.1) is 12.2 Å². The fourth-order valence-corrected chi connectivity index (χ4v) is 4.46. The minimum atomic E-state index is -4.03. The molecule has 0 spiro atoms. The van der Waals surface area contributed by atoms with Gasteiger partial charge in [-0.3, -0.25) is 0 Å². The van der Waals surface area contributed by atoms with Crippen LogP contribution in [0.5, 0.6) is 0 Å². The summed E-state index contributed by atoms with van der Waals surface area (Å²) >= 11 is 0. The molecule has 0 unspecified atom stereocenters. The molecule has 1 atom stereocenters. The number of rotatable bonds is 4. The number of carbonyl (C=O) groups excluding carboxylic acids is 2. The van der Waals surface area contributed by atoms with Crippen molar-refractivity contribution in [2.24, 2.45) is 0 Å². The summed E-state index contributed by atoms with van der Waals surface area (Å²) in [5.41, 5.74) is -0.128. The molecule has 2 fully saturated rings. The van der Waals surface area contributed by atoms with Gasteiger partial charge in [-0.1, -0.05) is 6.42 Å². The van der Waals surface area contributed by atoms with Crippen LogP contribution in [0.15, 0.2) is 23.1 Å². The molecule has 2 heterocycles. The summed E-state index contributed by atoms with van der Waals surface area (Å²) in [5, 5.41) is 0. The second kappa shape index (κ2) is 7.09. The molecule has 1 aromatic carbocycles. The third-order valence-corrected chi connectivity index (χ3v) is 6.15. The van der Waals surface area contributed by atoms with Crippen molar-refractivity contribution in [3.63, 3.8) is 0 Å². The van der Waals surface area contributed by atoms with E-state index in [0.29, 0.717) is 25.9 Å². The molecule has 25 heavy (non-hydrogen) atoms. The van der Waals surface area contributed by atoms with Crippen LogP contribution in [0.4, 0.5) is 4.39 Å². The van der Waals surface area contributed by atoms with Gasteiger partial charge >= 0.3 is 11.9 Å². The van der Waals surface area contributed by atoms with E-state index in [1.807, 2.05) is 0 Å². The van der Waals surface area contributed by atoms with E-state index in [1.165, 1.54) is 4.31 Å². The fourth-order valence-electron chi connectivity index (χ4n) is 2.85. The Morgan fingerprint density at radius 3 is 2.60 bits per heavy atom. The molecule has 2 aliphatic rings. The van der Waals surface area contributed by atoms with Crippen LogP contribution < -0.4 is 0 Å². The molecule has 2 aliphatic heterocycles. The number of hydrogen-bond acceptors (Lipinski definition) is 6. The molecule has 2 saturated heterocycles. The molecule has 0 N–H and O–H groups in total. The fraction of sp³-hybridized carbons (Fsp3) is 0.500. The number of hydrogen-bond donors (Lipinski definition) is 0. The van der Waals surface area contributed by atoms with E-state index in [4.69, 9.17) is 9.47 Å². The third kappa shape index (κ3) is 3.67. The first-order chi connectivity index (χ1) is 11.9. The van der Waals surface area contributed by atoms with E-state index in [1.54, 1.807) is 0 Å². The van der Waals surface area contributed by atoms with Crippen LogP contribution in [0.2, 0.25) is 0 Å². The summed E-state index contributed by atoms with van der Waals surface area (Å²) in [6, 6.07) is 3.01. The normalized spacial score (nSPS) is 21.8. The van der Waals surface area contributed by atoms with Gasteiger partial charge in [-0.2, -0.15) is 4.31 Å². The van der Waals surface area contributed by atoms with Crippen LogP contribution in [-0.4, -0.2) is 50.5 Å². The first-order valence-electron chi connectivity index (χ1n) is 8.07. The number of halogens is 1. The molecule has 0 radical (unpaired) electrons. The lowest BCUT2D eigenvalue weighted by atomic mass is 10.2. The lowest BCUT2D eigenvalue weighted by Crippen LogP contribution is -2.36. The average Bonchev–Trinajstić information content (AvgIpc) is 3.00. The quantitative estimate of drug-likeness (QED) is 0.745. The zero-order chi connectivity index (χ0) is 18.0. The second-order valence-corrected chi connectivity index (χ2v) is 7.87. The van der Waals surface area contributed by atoms with Gasteiger partial charge < -0.3 is 9.47 Å². The van der Waals surface area contributed by atoms with E-state index in [0.717, 1.165) is 24.6 Å². The summed E-state index contributed by atoms with van der Waals surface area (Å²) in [5.74, 6) is -2.46. The summed E-state index contributed by atoms with van der Waals surface area (Å²) in [6.07, 6.45) is 1.58. The van der Waals surface area contributed by atoms with E-state index in [9.17, 15) is 22.4 Å². The van der Waals surface area contributed by atoms with Gasteiger partial charge in [-0.25, -0.2) is 22.4 Å². The number of sulfonamides is 1. The molecule has 7 nitrogen and oxygen atoms in total. The standard InChI is InChI=1S/C16H18FNO6S/c17-12-5-4-11(15(19)24-13-6-9-23-16(13)20)10-14(12)25(21,22)18-7-2-1-3-8-18/h4-5,10,13H,1-3,6-9H2/t13-/m0/s1. The van der Waals surface area contributed by atoms with Crippen LogP contribution in [0, 0.1) is 5.82 Å². The SMILES string of the molecule is O=C(O[C@H]1CCOC1=O)c1ccc(F)c(S(=O)(=O)N2CCCCC2)c1. The number of nitrogens with zero attached hydrogens (tertiary/aromatic N) is 1. The Balaban J connectivity index is 1.84. The number of ether oxygens (including phenoxy) is 2. The van der Waals surface area contributed by atoms with Crippen molar-refractivity contribution < 1.29 is 31.9 Å². The summed E-state index contributed by atoms with van der Waals surface area (Å²) in [6.45, 7) is 0.809. The number of cyclic esters (lactones) is 1. The number of esters is 2. The van der Waals surface area contributed by atoms with Crippen LogP contribution >= 0.6 is 0 Å². The molecular formula is C16H18FNO6S. The van der Waals surface area contributed by atoms with E-state index in [-0.39, 0.29) is 18.6 Å². The van der Waals surface area contributed by atoms with Crippen molar-refractivity contribution in [3.05, 3.63) is 29.6 Å². The number of benzene rings is 1. The Hall–Kier alpha value is -2.00. The first kappa shape index (κ1) is 17.8. The highest BCUT2D eigenvalue weighted by Gasteiger charge is 2.32. The highest BCUT2D eigenvalue weighted by atomic mass is 32.2. The Kier molecular flexibility index (Phi) is 5.05. The molecular weight excluding hydrogens is 353 g/mol. The highest BCUT2D eigenvalue weighted by molar-refractivity contribution is 7.89. The van der Waals surface area contributed by atoms with Crippen molar-refractivity contribution in [2.45, 2.75) is 36.7 Å². The summed E-state index contributed by atoms with van der Waals surface area (Å²) in [7, 11) is -4.03. The number of carbonyl (C=O) groups is 2. The molecule has 0 aliphatic carbocycles. The molecule has 0 bridgehead atoms. The molecule has 0 amide bonds. The van der Waals surface area contributed by atoms with Crippen molar-refractivity contribution >= 4 is 22.0 Å². The van der Waals surface area contributed by atoms with Crippen molar-refractivity contribution in [1.82, 2.24) is 4.31 Å². The summed E-state index contributed by atoms with van der Waals surface area (Å²) in [4.78, 5) is 23.0.